The standard InChI is InChI=1S/C27H27N3O5S2/c1-5-6-7-23(28-35-17(2)31)24(32)19-10-14-21(15-11-19)37-20-12-8-18(9-13-20)16-22-25(33)29(3)27(36)30(4)26(22)34/h8-16H,5-7H2,1-4H3/b28-23+. The first-order valence-corrected chi connectivity index (χ1v) is 12.8. The number of hydrogen-bond acceptors (Lipinski definition) is 8. The maximum atomic E-state index is 12.8. The number of ketones is 1. The lowest BCUT2D eigenvalue weighted by Gasteiger charge is -2.31. The van der Waals surface area contributed by atoms with Gasteiger partial charge in [0, 0.05) is 36.4 Å². The number of Topliss-reactive ketones (excluding diaryl/α,β-unsaturated/α-hetero) is 1. The average molecular weight is 538 g/mol. The summed E-state index contributed by atoms with van der Waals surface area (Å²) in [4.78, 5) is 58.1. The highest BCUT2D eigenvalue weighted by molar-refractivity contribution is 7.99. The van der Waals surface area contributed by atoms with Crippen LogP contribution < -0.4 is 0 Å². The molecule has 2 amide bonds. The normalized spacial score (nSPS) is 14.2. The molecular formula is C27H27N3O5S2. The summed E-state index contributed by atoms with van der Waals surface area (Å²) in [5.74, 6) is -1.71. The van der Waals surface area contributed by atoms with Crippen molar-refractivity contribution < 1.29 is 24.0 Å². The van der Waals surface area contributed by atoms with E-state index in [1.807, 2.05) is 43.3 Å². The van der Waals surface area contributed by atoms with Crippen LogP contribution in [0.4, 0.5) is 0 Å². The number of nitrogens with zero attached hydrogens (tertiary/aromatic N) is 3. The molecule has 10 heteroatoms. The van der Waals surface area contributed by atoms with E-state index in [4.69, 9.17) is 17.1 Å². The number of benzene rings is 2. The van der Waals surface area contributed by atoms with Crippen LogP contribution in [0.25, 0.3) is 6.08 Å². The van der Waals surface area contributed by atoms with E-state index >= 15 is 0 Å². The quantitative estimate of drug-likeness (QED) is 0.0868. The van der Waals surface area contributed by atoms with Crippen LogP contribution in [-0.2, 0) is 19.2 Å². The molecule has 1 saturated heterocycles. The molecule has 3 rings (SSSR count). The minimum Gasteiger partial charge on any atom is -0.318 e. The van der Waals surface area contributed by atoms with Gasteiger partial charge in [-0.2, -0.15) is 0 Å². The predicted octanol–water partition coefficient (Wildman–Crippen LogP) is 4.73. The van der Waals surface area contributed by atoms with Gasteiger partial charge in [-0.25, -0.2) is 4.79 Å². The maximum Gasteiger partial charge on any atom is 0.331 e. The summed E-state index contributed by atoms with van der Waals surface area (Å²) in [6.07, 6.45) is 3.63. The monoisotopic (exact) mass is 537 g/mol. The molecule has 0 unspecified atom stereocenters. The van der Waals surface area contributed by atoms with Crippen molar-refractivity contribution in [2.75, 3.05) is 14.1 Å². The van der Waals surface area contributed by atoms with E-state index in [9.17, 15) is 19.2 Å². The fourth-order valence-corrected chi connectivity index (χ4v) is 4.40. The second-order valence-corrected chi connectivity index (χ2v) is 9.83. The van der Waals surface area contributed by atoms with Gasteiger partial charge in [0.1, 0.15) is 11.3 Å². The predicted molar refractivity (Wildman–Crippen MR) is 146 cm³/mol. The fraction of sp³-hybridized carbons (Fsp3) is 0.259. The summed E-state index contributed by atoms with van der Waals surface area (Å²) in [5, 5.41) is 3.92. The third kappa shape index (κ3) is 6.99. The summed E-state index contributed by atoms with van der Waals surface area (Å²) in [5.41, 5.74) is 1.44. The summed E-state index contributed by atoms with van der Waals surface area (Å²) in [6.45, 7) is 3.24. The van der Waals surface area contributed by atoms with Gasteiger partial charge in [-0.3, -0.25) is 24.2 Å². The number of amides is 2. The summed E-state index contributed by atoms with van der Waals surface area (Å²) >= 11 is 6.61. The van der Waals surface area contributed by atoms with Crippen molar-refractivity contribution in [2.24, 2.45) is 5.16 Å². The Balaban J connectivity index is 1.70. The summed E-state index contributed by atoms with van der Waals surface area (Å²) in [6, 6.07) is 14.5. The van der Waals surface area contributed by atoms with Crippen molar-refractivity contribution in [2.45, 2.75) is 42.9 Å². The zero-order chi connectivity index (χ0) is 27.1. The Labute approximate surface area is 225 Å². The molecule has 0 saturated carbocycles. The molecule has 0 aromatic heterocycles. The first-order valence-electron chi connectivity index (χ1n) is 11.6. The number of thiocarbonyl (C=S) groups is 1. The molecule has 192 valence electrons. The van der Waals surface area contributed by atoms with E-state index in [0.717, 1.165) is 22.6 Å². The van der Waals surface area contributed by atoms with Crippen molar-refractivity contribution in [1.82, 2.24) is 9.80 Å². The lowest BCUT2D eigenvalue weighted by molar-refractivity contribution is -0.141. The maximum absolute atomic E-state index is 12.8. The Morgan fingerprint density at radius 2 is 1.51 bits per heavy atom. The van der Waals surface area contributed by atoms with Crippen LogP contribution in [0.3, 0.4) is 0 Å². The van der Waals surface area contributed by atoms with Gasteiger partial charge in [0.25, 0.3) is 11.8 Å². The van der Waals surface area contributed by atoms with Crippen molar-refractivity contribution in [3.05, 3.63) is 65.2 Å². The highest BCUT2D eigenvalue weighted by Crippen LogP contribution is 2.29. The zero-order valence-electron chi connectivity index (χ0n) is 21.0. The van der Waals surface area contributed by atoms with E-state index in [2.05, 4.69) is 5.16 Å². The largest absolute Gasteiger partial charge is 0.331 e. The Bertz CT molecular complexity index is 1260. The molecule has 1 aliphatic heterocycles. The SMILES string of the molecule is CCCC/C(=N\OC(C)=O)C(=O)c1ccc(Sc2ccc(C=C3C(=O)N(C)C(=S)N(C)C3=O)cc2)cc1. The molecule has 37 heavy (non-hydrogen) atoms. The summed E-state index contributed by atoms with van der Waals surface area (Å²) in [7, 11) is 3.08. The summed E-state index contributed by atoms with van der Waals surface area (Å²) < 4.78 is 0. The van der Waals surface area contributed by atoms with E-state index < -0.39 is 17.8 Å². The molecular weight excluding hydrogens is 510 g/mol. The van der Waals surface area contributed by atoms with E-state index in [-0.39, 0.29) is 22.2 Å². The minimum absolute atomic E-state index is 0.0507. The lowest BCUT2D eigenvalue weighted by atomic mass is 10.0. The number of carbonyl (C=O) groups is 4. The van der Waals surface area contributed by atoms with Crippen LogP contribution in [0.5, 0.6) is 0 Å². The first kappa shape index (κ1) is 27.9. The molecule has 2 aromatic carbocycles. The number of oxime groups is 1. The van der Waals surface area contributed by atoms with Crippen LogP contribution in [0, 0.1) is 0 Å². The number of unbranched alkanes of at least 4 members (excludes halogenated alkanes) is 1. The molecule has 8 nitrogen and oxygen atoms in total. The molecule has 1 fully saturated rings. The number of rotatable bonds is 9. The van der Waals surface area contributed by atoms with Crippen molar-refractivity contribution >= 4 is 64.4 Å². The molecule has 0 aliphatic carbocycles. The van der Waals surface area contributed by atoms with Gasteiger partial charge in [0.2, 0.25) is 5.78 Å². The molecule has 0 spiro atoms. The van der Waals surface area contributed by atoms with E-state index in [1.54, 1.807) is 32.3 Å². The van der Waals surface area contributed by atoms with Crippen LogP contribution >= 0.6 is 24.0 Å². The first-order chi connectivity index (χ1) is 17.6. The van der Waals surface area contributed by atoms with Gasteiger partial charge in [-0.1, -0.05) is 42.4 Å². The van der Waals surface area contributed by atoms with Gasteiger partial charge in [0.05, 0.1) is 0 Å². The van der Waals surface area contributed by atoms with Crippen LogP contribution in [0.15, 0.2) is 69.1 Å². The van der Waals surface area contributed by atoms with Gasteiger partial charge in [-0.15, -0.1) is 0 Å². The second kappa shape index (κ2) is 12.6. The molecule has 2 aromatic rings. The average Bonchev–Trinajstić information content (AvgIpc) is 2.90. The van der Waals surface area contributed by atoms with Crippen LogP contribution in [0.2, 0.25) is 0 Å². The van der Waals surface area contributed by atoms with Crippen LogP contribution in [-0.4, -0.2) is 58.3 Å². The molecule has 0 atom stereocenters. The van der Waals surface area contributed by atoms with Gasteiger partial charge in [-0.05, 0) is 73.1 Å². The van der Waals surface area contributed by atoms with Crippen molar-refractivity contribution in [1.29, 1.82) is 0 Å². The van der Waals surface area contributed by atoms with Crippen LogP contribution in [0.1, 0.15) is 49.0 Å². The number of hydrogen-bond donors (Lipinski definition) is 0. The fourth-order valence-electron chi connectivity index (χ4n) is 3.42. The molecule has 0 bridgehead atoms. The Morgan fingerprint density at radius 3 is 2.03 bits per heavy atom. The molecule has 1 heterocycles. The smallest absolute Gasteiger partial charge is 0.318 e. The number of likely N-dealkylation sites (N-methyl/N-ethyl adjacent to an activating group) is 2. The Hall–Kier alpha value is -3.63. The minimum atomic E-state index is -0.573. The molecule has 1 aliphatic rings. The van der Waals surface area contributed by atoms with E-state index in [0.29, 0.717) is 17.5 Å². The highest BCUT2D eigenvalue weighted by atomic mass is 32.2. The second-order valence-electron chi connectivity index (χ2n) is 8.32. The Morgan fingerprint density at radius 1 is 0.973 bits per heavy atom. The molecule has 0 N–H and O–H groups in total. The van der Waals surface area contributed by atoms with Gasteiger partial charge in [0.15, 0.2) is 5.11 Å². The zero-order valence-corrected chi connectivity index (χ0v) is 22.6. The van der Waals surface area contributed by atoms with Crippen molar-refractivity contribution in [3.63, 3.8) is 0 Å². The third-order valence-electron chi connectivity index (χ3n) is 5.50. The molecule has 0 radical (unpaired) electrons. The van der Waals surface area contributed by atoms with Gasteiger partial charge >= 0.3 is 5.97 Å². The Kier molecular flexibility index (Phi) is 9.48. The van der Waals surface area contributed by atoms with Gasteiger partial charge < -0.3 is 4.84 Å². The third-order valence-corrected chi connectivity index (χ3v) is 7.06. The number of carbonyl (C=O) groups excluding carboxylic acids is 4. The lowest BCUT2D eigenvalue weighted by Crippen LogP contribution is -2.52. The van der Waals surface area contributed by atoms with Crippen molar-refractivity contribution in [3.8, 4) is 0 Å². The topological polar surface area (TPSA) is 96.3 Å². The van der Waals surface area contributed by atoms with E-state index in [1.165, 1.54) is 28.5 Å². The highest BCUT2D eigenvalue weighted by Gasteiger charge is 2.35.